The van der Waals surface area contributed by atoms with E-state index in [1.807, 2.05) is 97.2 Å². The van der Waals surface area contributed by atoms with Gasteiger partial charge in [0, 0.05) is 5.56 Å². The molecule has 0 fully saturated rings. The number of nitrogens with zero attached hydrogens (tertiary/aromatic N) is 3. The number of aliphatic hydroxyl groups is 1. The summed E-state index contributed by atoms with van der Waals surface area (Å²) < 4.78 is 1.75. The first-order valence-corrected chi connectivity index (χ1v) is 8.58. The van der Waals surface area contributed by atoms with E-state index in [1.165, 1.54) is 0 Å². The summed E-state index contributed by atoms with van der Waals surface area (Å²) in [6.07, 6.45) is 1.16. The predicted molar refractivity (Wildman–Crippen MR) is 101 cm³/mol. The second kappa shape index (κ2) is 7.33. The normalized spacial score (nSPS) is 13.3. The van der Waals surface area contributed by atoms with E-state index in [1.54, 1.807) is 4.68 Å². The molecule has 0 aliphatic rings. The Hall–Kier alpha value is -3.24. The predicted octanol–water partition coefficient (Wildman–Crippen LogP) is 4.27. The average Bonchev–Trinajstić information content (AvgIpc) is 3.20. The van der Waals surface area contributed by atoms with E-state index >= 15 is 0 Å². The number of benzene rings is 3. The fraction of sp³-hybridized carbons (Fsp3) is 0.0909. The summed E-state index contributed by atoms with van der Waals surface area (Å²) in [5.74, 6) is 0. The fourth-order valence-electron chi connectivity index (χ4n) is 3.12. The first-order chi connectivity index (χ1) is 12.8. The molecule has 1 heterocycles. The number of aromatic nitrogens is 3. The zero-order valence-corrected chi connectivity index (χ0v) is 14.2. The standard InChI is InChI=1S/C22H19N3O/c26-22(19-14-8-3-9-15-19)21(18-12-6-2-7-13-18)25-16-20(23-24-25)17-10-4-1-5-11-17/h1-16,21-22,26H/t21-,22+/m0/s1. The van der Waals surface area contributed by atoms with Crippen LogP contribution >= 0.6 is 0 Å². The monoisotopic (exact) mass is 341 g/mol. The summed E-state index contributed by atoms with van der Waals surface area (Å²) in [7, 11) is 0. The van der Waals surface area contributed by atoms with Gasteiger partial charge in [-0.2, -0.15) is 0 Å². The van der Waals surface area contributed by atoms with Crippen molar-refractivity contribution in [1.82, 2.24) is 15.0 Å². The molecule has 2 atom stereocenters. The molecule has 4 nitrogen and oxygen atoms in total. The van der Waals surface area contributed by atoms with Gasteiger partial charge < -0.3 is 5.11 Å². The minimum atomic E-state index is -0.732. The summed E-state index contributed by atoms with van der Waals surface area (Å²) in [6, 6.07) is 29.1. The van der Waals surface area contributed by atoms with Crippen molar-refractivity contribution in [2.24, 2.45) is 0 Å². The Kier molecular flexibility index (Phi) is 4.58. The van der Waals surface area contributed by atoms with Crippen LogP contribution in [0.25, 0.3) is 11.3 Å². The molecule has 0 unspecified atom stereocenters. The minimum absolute atomic E-state index is 0.358. The molecule has 128 valence electrons. The van der Waals surface area contributed by atoms with E-state index in [9.17, 15) is 5.11 Å². The quantitative estimate of drug-likeness (QED) is 0.590. The highest BCUT2D eigenvalue weighted by molar-refractivity contribution is 5.57. The van der Waals surface area contributed by atoms with Crippen molar-refractivity contribution in [3.8, 4) is 11.3 Å². The molecule has 4 heteroatoms. The number of hydrogen-bond donors (Lipinski definition) is 1. The van der Waals surface area contributed by atoms with Gasteiger partial charge in [-0.1, -0.05) is 96.2 Å². The number of rotatable bonds is 5. The molecular weight excluding hydrogens is 322 g/mol. The van der Waals surface area contributed by atoms with Crippen molar-refractivity contribution < 1.29 is 5.11 Å². The second-order valence-corrected chi connectivity index (χ2v) is 6.16. The first-order valence-electron chi connectivity index (χ1n) is 8.58. The lowest BCUT2D eigenvalue weighted by Crippen LogP contribution is -2.20. The van der Waals surface area contributed by atoms with E-state index < -0.39 is 6.10 Å². The van der Waals surface area contributed by atoms with Crippen molar-refractivity contribution >= 4 is 0 Å². The molecule has 0 aliphatic carbocycles. The van der Waals surface area contributed by atoms with Crippen molar-refractivity contribution in [3.63, 3.8) is 0 Å². The highest BCUT2D eigenvalue weighted by Crippen LogP contribution is 2.32. The van der Waals surface area contributed by atoms with E-state index in [0.29, 0.717) is 0 Å². The molecule has 0 saturated carbocycles. The van der Waals surface area contributed by atoms with Crippen LogP contribution in [0.3, 0.4) is 0 Å². The lowest BCUT2D eigenvalue weighted by molar-refractivity contribution is 0.124. The molecule has 0 aliphatic heterocycles. The molecular formula is C22H19N3O. The van der Waals surface area contributed by atoms with Gasteiger partial charge in [0.1, 0.15) is 17.8 Å². The summed E-state index contributed by atoms with van der Waals surface area (Å²) in [4.78, 5) is 0. The minimum Gasteiger partial charge on any atom is -0.386 e. The molecule has 3 aromatic carbocycles. The summed E-state index contributed by atoms with van der Waals surface area (Å²) in [5, 5.41) is 19.7. The van der Waals surface area contributed by atoms with Crippen LogP contribution in [-0.4, -0.2) is 20.1 Å². The number of hydrogen-bond acceptors (Lipinski definition) is 3. The van der Waals surface area contributed by atoms with Crippen molar-refractivity contribution in [1.29, 1.82) is 0 Å². The third-order valence-electron chi connectivity index (χ3n) is 4.45. The van der Waals surface area contributed by atoms with Gasteiger partial charge in [-0.05, 0) is 11.1 Å². The van der Waals surface area contributed by atoms with E-state index in [4.69, 9.17) is 0 Å². The Labute approximate surface area is 152 Å². The Morgan fingerprint density at radius 3 is 1.85 bits per heavy atom. The van der Waals surface area contributed by atoms with Crippen LogP contribution in [-0.2, 0) is 0 Å². The third kappa shape index (κ3) is 3.27. The summed E-state index contributed by atoms with van der Waals surface area (Å²) in [6.45, 7) is 0. The smallest absolute Gasteiger partial charge is 0.113 e. The van der Waals surface area contributed by atoms with Gasteiger partial charge in [0.2, 0.25) is 0 Å². The van der Waals surface area contributed by atoms with E-state index in [-0.39, 0.29) is 6.04 Å². The van der Waals surface area contributed by atoms with Crippen molar-refractivity contribution in [2.45, 2.75) is 12.1 Å². The zero-order valence-electron chi connectivity index (χ0n) is 14.2. The molecule has 0 spiro atoms. The van der Waals surface area contributed by atoms with Gasteiger partial charge in [0.05, 0.1) is 6.20 Å². The topological polar surface area (TPSA) is 50.9 Å². The Balaban J connectivity index is 1.76. The zero-order chi connectivity index (χ0) is 17.8. The molecule has 4 rings (SSSR count). The third-order valence-corrected chi connectivity index (χ3v) is 4.45. The largest absolute Gasteiger partial charge is 0.386 e. The van der Waals surface area contributed by atoms with Gasteiger partial charge >= 0.3 is 0 Å². The van der Waals surface area contributed by atoms with Crippen LogP contribution in [0.4, 0.5) is 0 Å². The summed E-state index contributed by atoms with van der Waals surface area (Å²) in [5.41, 5.74) is 3.61. The van der Waals surface area contributed by atoms with Crippen LogP contribution in [0.1, 0.15) is 23.3 Å². The highest BCUT2D eigenvalue weighted by Gasteiger charge is 2.26. The van der Waals surface area contributed by atoms with Gasteiger partial charge in [0.15, 0.2) is 0 Å². The fourth-order valence-corrected chi connectivity index (χ4v) is 3.12. The maximum absolute atomic E-state index is 11.1. The average molecular weight is 341 g/mol. The van der Waals surface area contributed by atoms with Crippen LogP contribution in [0, 0.1) is 0 Å². The van der Waals surface area contributed by atoms with E-state index in [0.717, 1.165) is 22.4 Å². The second-order valence-electron chi connectivity index (χ2n) is 6.16. The van der Waals surface area contributed by atoms with Gasteiger partial charge in [0.25, 0.3) is 0 Å². The highest BCUT2D eigenvalue weighted by atomic mass is 16.3. The molecule has 4 aromatic rings. The van der Waals surface area contributed by atoms with Crippen LogP contribution < -0.4 is 0 Å². The maximum Gasteiger partial charge on any atom is 0.113 e. The Morgan fingerprint density at radius 2 is 1.23 bits per heavy atom. The molecule has 0 bridgehead atoms. The summed E-state index contributed by atoms with van der Waals surface area (Å²) >= 11 is 0. The number of aliphatic hydroxyl groups excluding tert-OH is 1. The molecule has 26 heavy (non-hydrogen) atoms. The maximum atomic E-state index is 11.1. The van der Waals surface area contributed by atoms with Gasteiger partial charge in [-0.3, -0.25) is 0 Å². The first kappa shape index (κ1) is 16.2. The van der Waals surface area contributed by atoms with E-state index in [2.05, 4.69) is 10.3 Å². The van der Waals surface area contributed by atoms with Gasteiger partial charge in [-0.25, -0.2) is 4.68 Å². The van der Waals surface area contributed by atoms with Crippen LogP contribution in [0.15, 0.2) is 97.2 Å². The van der Waals surface area contributed by atoms with Crippen molar-refractivity contribution in [3.05, 3.63) is 108 Å². The molecule has 0 amide bonds. The lowest BCUT2D eigenvalue weighted by atomic mass is 9.96. The molecule has 0 saturated heterocycles. The lowest BCUT2D eigenvalue weighted by Gasteiger charge is -2.23. The Bertz CT molecular complexity index is 952. The van der Waals surface area contributed by atoms with Gasteiger partial charge in [-0.15, -0.1) is 5.10 Å². The van der Waals surface area contributed by atoms with Crippen molar-refractivity contribution in [2.75, 3.05) is 0 Å². The molecule has 1 N–H and O–H groups in total. The Morgan fingerprint density at radius 1 is 0.692 bits per heavy atom. The van der Waals surface area contributed by atoms with Crippen LogP contribution in [0.5, 0.6) is 0 Å². The SMILES string of the molecule is O[C@H](c1ccccc1)[C@H](c1ccccc1)n1cc(-c2ccccc2)nn1. The molecule has 0 radical (unpaired) electrons. The van der Waals surface area contributed by atoms with Crippen LogP contribution in [0.2, 0.25) is 0 Å². The molecule has 1 aromatic heterocycles.